The summed E-state index contributed by atoms with van der Waals surface area (Å²) in [5.41, 5.74) is 1.23. The fourth-order valence-corrected chi connectivity index (χ4v) is 1.71. The number of ether oxygens (including phenoxy) is 2. The molecule has 0 saturated heterocycles. The Bertz CT molecular complexity index is 558. The Labute approximate surface area is 113 Å². The van der Waals surface area contributed by atoms with Crippen LogP contribution in [-0.2, 0) is 6.42 Å². The average molecular weight is 256 g/mol. The molecule has 0 N–H and O–H groups in total. The van der Waals surface area contributed by atoms with Crippen molar-refractivity contribution in [2.45, 2.75) is 6.42 Å². The smallest absolute Gasteiger partial charge is 0.122 e. The normalized spacial score (nSPS) is 10.2. The summed E-state index contributed by atoms with van der Waals surface area (Å²) >= 11 is 0. The number of hydrogen-bond acceptors (Lipinski definition) is 2. The fraction of sp³-hybridized carbons (Fsp3) is 0.200. The molecule has 0 fully saturated rings. The first kappa shape index (κ1) is 13.5. The van der Waals surface area contributed by atoms with E-state index >= 15 is 0 Å². The van der Waals surface area contributed by atoms with Gasteiger partial charge in [0, 0.05) is 12.5 Å². The molecule has 0 saturated carbocycles. The van der Waals surface area contributed by atoms with Crippen LogP contribution in [0.15, 0.2) is 42.5 Å². The first-order chi connectivity index (χ1) is 9.19. The maximum atomic E-state index is 13.2. The van der Waals surface area contributed by atoms with Crippen LogP contribution in [0, 0.1) is 5.82 Å². The van der Waals surface area contributed by atoms with Gasteiger partial charge in [-0.15, -0.1) is 0 Å². The lowest BCUT2D eigenvalue weighted by Gasteiger charge is -2.08. The molecule has 2 nitrogen and oxygen atoms in total. The second-order valence-corrected chi connectivity index (χ2v) is 4.13. The Balaban J connectivity index is 1.90. The van der Waals surface area contributed by atoms with Gasteiger partial charge in [0.2, 0.25) is 0 Å². The molecular weight excluding hydrogens is 242 g/mol. The Kier molecular flexibility index (Phi) is 4.45. The van der Waals surface area contributed by atoms with E-state index in [-0.39, 0.29) is 5.46 Å². The predicted molar refractivity (Wildman–Crippen MR) is 74.0 cm³/mol. The van der Waals surface area contributed by atoms with Crippen molar-refractivity contribution in [3.05, 3.63) is 53.8 Å². The van der Waals surface area contributed by atoms with Gasteiger partial charge in [0.25, 0.3) is 0 Å². The van der Waals surface area contributed by atoms with Crippen LogP contribution < -0.4 is 14.9 Å². The minimum absolute atomic E-state index is 0.125. The van der Waals surface area contributed by atoms with Crippen molar-refractivity contribution in [1.29, 1.82) is 0 Å². The lowest BCUT2D eigenvalue weighted by atomic mass is 9.96. The van der Waals surface area contributed by atoms with Gasteiger partial charge in [0.1, 0.15) is 25.2 Å². The third-order valence-corrected chi connectivity index (χ3v) is 2.77. The highest BCUT2D eigenvalue weighted by molar-refractivity contribution is 6.32. The van der Waals surface area contributed by atoms with Crippen molar-refractivity contribution < 1.29 is 13.9 Å². The van der Waals surface area contributed by atoms with E-state index in [0.29, 0.717) is 12.4 Å². The molecule has 0 aliphatic carbocycles. The Morgan fingerprint density at radius 2 is 1.95 bits per heavy atom. The van der Waals surface area contributed by atoms with Gasteiger partial charge in [-0.25, -0.2) is 4.39 Å². The van der Waals surface area contributed by atoms with E-state index in [0.717, 1.165) is 17.7 Å². The molecular formula is C15H14BFO2. The van der Waals surface area contributed by atoms with Gasteiger partial charge < -0.3 is 9.47 Å². The van der Waals surface area contributed by atoms with Crippen molar-refractivity contribution in [3.8, 4) is 11.5 Å². The largest absolute Gasteiger partial charge is 0.497 e. The van der Waals surface area contributed by atoms with Crippen LogP contribution in [0.3, 0.4) is 0 Å². The highest BCUT2D eigenvalue weighted by Crippen LogP contribution is 2.14. The number of halogens is 1. The van der Waals surface area contributed by atoms with E-state index in [1.165, 1.54) is 12.1 Å². The zero-order chi connectivity index (χ0) is 13.7. The molecule has 0 unspecified atom stereocenters. The van der Waals surface area contributed by atoms with Crippen LogP contribution in [0.25, 0.3) is 0 Å². The van der Waals surface area contributed by atoms with Crippen LogP contribution in [0.5, 0.6) is 11.5 Å². The Morgan fingerprint density at radius 3 is 2.68 bits per heavy atom. The molecule has 0 aliphatic rings. The molecule has 2 aromatic rings. The van der Waals surface area contributed by atoms with E-state index in [1.54, 1.807) is 13.2 Å². The molecule has 96 valence electrons. The number of hydrogen-bond donors (Lipinski definition) is 0. The summed E-state index contributed by atoms with van der Waals surface area (Å²) in [4.78, 5) is 0. The molecule has 0 heterocycles. The second kappa shape index (κ2) is 6.27. The van der Waals surface area contributed by atoms with E-state index in [9.17, 15) is 4.39 Å². The maximum absolute atomic E-state index is 13.2. The summed E-state index contributed by atoms with van der Waals surface area (Å²) < 4.78 is 23.8. The minimum atomic E-state index is -0.459. The molecule has 0 aromatic heterocycles. The summed E-state index contributed by atoms with van der Waals surface area (Å²) in [6.45, 7) is 0.469. The summed E-state index contributed by atoms with van der Waals surface area (Å²) in [5.74, 6) is 0.838. The van der Waals surface area contributed by atoms with Crippen LogP contribution >= 0.6 is 0 Å². The number of rotatable bonds is 5. The Morgan fingerprint density at radius 1 is 1.11 bits per heavy atom. The van der Waals surface area contributed by atoms with Gasteiger partial charge in [0.05, 0.1) is 13.7 Å². The molecule has 2 rings (SSSR count). The Hall–Kier alpha value is -1.97. The molecule has 0 atom stereocenters. The molecule has 2 aromatic carbocycles. The molecule has 4 heteroatoms. The lowest BCUT2D eigenvalue weighted by Crippen LogP contribution is -2.09. The fourth-order valence-electron chi connectivity index (χ4n) is 1.71. The minimum Gasteiger partial charge on any atom is -0.497 e. The highest BCUT2D eigenvalue weighted by atomic mass is 19.1. The van der Waals surface area contributed by atoms with E-state index in [2.05, 4.69) is 0 Å². The van der Waals surface area contributed by atoms with E-state index in [4.69, 9.17) is 17.3 Å². The third kappa shape index (κ3) is 3.75. The number of methoxy groups -OCH3 is 1. The standard InChI is InChI=1S/C15H14BFO2/c1-18-12-4-2-3-11(9-12)7-8-19-13-5-6-14(16)15(17)10-13/h2-6,9-10H,7-8H2,1H3. The summed E-state index contributed by atoms with van der Waals surface area (Å²) in [6, 6.07) is 12.2. The van der Waals surface area contributed by atoms with Gasteiger partial charge in [-0.3, -0.25) is 0 Å². The summed E-state index contributed by atoms with van der Waals surface area (Å²) in [5, 5.41) is 0. The molecule has 0 spiro atoms. The van der Waals surface area contributed by atoms with Gasteiger partial charge in [-0.2, -0.15) is 0 Å². The van der Waals surface area contributed by atoms with Crippen LogP contribution in [-0.4, -0.2) is 21.6 Å². The summed E-state index contributed by atoms with van der Waals surface area (Å²) in [7, 11) is 7.03. The second-order valence-electron chi connectivity index (χ2n) is 4.13. The topological polar surface area (TPSA) is 18.5 Å². The van der Waals surface area contributed by atoms with Crippen molar-refractivity contribution in [2.24, 2.45) is 0 Å². The quantitative estimate of drug-likeness (QED) is 0.764. The first-order valence-electron chi connectivity index (χ1n) is 6.00. The van der Waals surface area contributed by atoms with Crippen LogP contribution in [0.2, 0.25) is 0 Å². The lowest BCUT2D eigenvalue weighted by molar-refractivity contribution is 0.320. The van der Waals surface area contributed by atoms with Crippen molar-refractivity contribution in [2.75, 3.05) is 13.7 Å². The number of benzene rings is 2. The third-order valence-electron chi connectivity index (χ3n) is 2.77. The van der Waals surface area contributed by atoms with Crippen LogP contribution in [0.4, 0.5) is 4.39 Å². The van der Waals surface area contributed by atoms with Crippen LogP contribution in [0.1, 0.15) is 5.56 Å². The van der Waals surface area contributed by atoms with E-state index in [1.807, 2.05) is 24.3 Å². The van der Waals surface area contributed by atoms with Gasteiger partial charge in [0.15, 0.2) is 0 Å². The van der Waals surface area contributed by atoms with Crippen molar-refractivity contribution >= 4 is 13.3 Å². The van der Waals surface area contributed by atoms with E-state index < -0.39 is 5.82 Å². The highest BCUT2D eigenvalue weighted by Gasteiger charge is 2.01. The average Bonchev–Trinajstić information content (AvgIpc) is 2.43. The predicted octanol–water partition coefficient (Wildman–Crippen LogP) is 2.25. The van der Waals surface area contributed by atoms with Gasteiger partial charge >= 0.3 is 0 Å². The molecule has 0 bridgehead atoms. The zero-order valence-electron chi connectivity index (χ0n) is 10.7. The van der Waals surface area contributed by atoms with Crippen molar-refractivity contribution in [1.82, 2.24) is 0 Å². The van der Waals surface area contributed by atoms with Gasteiger partial charge in [-0.05, 0) is 23.8 Å². The summed E-state index contributed by atoms with van der Waals surface area (Å²) in [6.07, 6.45) is 0.725. The monoisotopic (exact) mass is 256 g/mol. The first-order valence-corrected chi connectivity index (χ1v) is 6.00. The zero-order valence-corrected chi connectivity index (χ0v) is 10.7. The molecule has 0 amide bonds. The molecule has 2 radical (unpaired) electrons. The SMILES string of the molecule is [B]c1ccc(OCCc2cccc(OC)c2)cc1F. The van der Waals surface area contributed by atoms with Crippen molar-refractivity contribution in [3.63, 3.8) is 0 Å². The molecule has 0 aliphatic heterocycles. The molecule has 19 heavy (non-hydrogen) atoms. The van der Waals surface area contributed by atoms with Gasteiger partial charge in [-0.1, -0.05) is 23.7 Å². The maximum Gasteiger partial charge on any atom is 0.122 e.